The summed E-state index contributed by atoms with van der Waals surface area (Å²) in [7, 11) is 4.05. The van der Waals surface area contributed by atoms with Crippen LogP contribution in [0.15, 0.2) is 60.7 Å². The molecule has 0 radical (unpaired) electrons. The molecule has 2 aromatic carbocycles. The van der Waals surface area contributed by atoms with Crippen LogP contribution >= 0.6 is 0 Å². The third-order valence-corrected chi connectivity index (χ3v) is 4.93. The summed E-state index contributed by atoms with van der Waals surface area (Å²) >= 11 is 0. The molecule has 1 aliphatic heterocycles. The van der Waals surface area contributed by atoms with Crippen molar-refractivity contribution in [3.8, 4) is 0 Å². The van der Waals surface area contributed by atoms with Gasteiger partial charge in [0.1, 0.15) is 0 Å². The first-order valence-corrected chi connectivity index (χ1v) is 8.73. The second-order valence-corrected chi connectivity index (χ2v) is 6.99. The SMILES string of the molecule is COC1(CN(C)Cc2ccccc2)CCN(Cc2ccccc2)C1. The molecule has 0 N–H and O–H groups in total. The molecule has 24 heavy (non-hydrogen) atoms. The van der Waals surface area contributed by atoms with Gasteiger partial charge in [-0.15, -0.1) is 0 Å². The van der Waals surface area contributed by atoms with Crippen LogP contribution in [0, 0.1) is 0 Å². The highest BCUT2D eigenvalue weighted by atomic mass is 16.5. The van der Waals surface area contributed by atoms with Gasteiger partial charge >= 0.3 is 0 Å². The van der Waals surface area contributed by atoms with Gasteiger partial charge in [0.15, 0.2) is 0 Å². The smallest absolute Gasteiger partial charge is 0.0943 e. The van der Waals surface area contributed by atoms with Gasteiger partial charge in [-0.1, -0.05) is 60.7 Å². The minimum atomic E-state index is -0.0572. The summed E-state index contributed by atoms with van der Waals surface area (Å²) in [5, 5.41) is 0. The minimum absolute atomic E-state index is 0.0572. The Hall–Kier alpha value is -1.68. The highest BCUT2D eigenvalue weighted by molar-refractivity contribution is 5.16. The predicted octanol–water partition coefficient (Wildman–Crippen LogP) is 3.41. The summed E-state index contributed by atoms with van der Waals surface area (Å²) in [6.07, 6.45) is 1.09. The van der Waals surface area contributed by atoms with E-state index in [1.807, 2.05) is 7.11 Å². The van der Waals surface area contributed by atoms with Crippen LogP contribution in [0.5, 0.6) is 0 Å². The topological polar surface area (TPSA) is 15.7 Å². The lowest BCUT2D eigenvalue weighted by Crippen LogP contribution is -2.45. The molecule has 0 amide bonds. The molecule has 1 saturated heterocycles. The molecular formula is C21H28N2O. The van der Waals surface area contributed by atoms with Crippen LogP contribution in [0.2, 0.25) is 0 Å². The third kappa shape index (κ3) is 4.44. The highest BCUT2D eigenvalue weighted by Crippen LogP contribution is 2.27. The number of nitrogens with zero attached hydrogens (tertiary/aromatic N) is 2. The number of ether oxygens (including phenoxy) is 1. The second-order valence-electron chi connectivity index (χ2n) is 6.99. The largest absolute Gasteiger partial charge is 0.376 e. The van der Waals surface area contributed by atoms with Crippen LogP contribution < -0.4 is 0 Å². The molecule has 1 atom stereocenters. The first-order chi connectivity index (χ1) is 11.7. The zero-order chi connectivity index (χ0) is 16.8. The van der Waals surface area contributed by atoms with E-state index in [4.69, 9.17) is 4.74 Å². The lowest BCUT2D eigenvalue weighted by Gasteiger charge is -2.32. The number of benzene rings is 2. The third-order valence-electron chi connectivity index (χ3n) is 4.93. The Labute approximate surface area is 145 Å². The fourth-order valence-corrected chi connectivity index (χ4v) is 3.71. The predicted molar refractivity (Wildman–Crippen MR) is 98.9 cm³/mol. The molecule has 2 aromatic rings. The lowest BCUT2D eigenvalue weighted by molar-refractivity contribution is -0.0254. The summed E-state index contributed by atoms with van der Waals surface area (Å²) in [6, 6.07) is 21.4. The molecule has 0 aromatic heterocycles. The van der Waals surface area contributed by atoms with E-state index in [1.54, 1.807) is 0 Å². The van der Waals surface area contributed by atoms with Gasteiger partial charge in [-0.25, -0.2) is 0 Å². The lowest BCUT2D eigenvalue weighted by atomic mass is 10.0. The summed E-state index contributed by atoms with van der Waals surface area (Å²) in [5.41, 5.74) is 2.67. The molecule has 3 nitrogen and oxygen atoms in total. The van der Waals surface area contributed by atoms with Gasteiger partial charge in [0.05, 0.1) is 5.60 Å². The van der Waals surface area contributed by atoms with Crippen molar-refractivity contribution in [2.75, 3.05) is 33.8 Å². The molecule has 1 heterocycles. The molecule has 1 fully saturated rings. The molecule has 3 rings (SSSR count). The van der Waals surface area contributed by atoms with Gasteiger partial charge < -0.3 is 4.74 Å². The van der Waals surface area contributed by atoms with E-state index in [2.05, 4.69) is 77.5 Å². The number of likely N-dealkylation sites (N-methyl/N-ethyl adjacent to an activating group) is 1. The van der Waals surface area contributed by atoms with E-state index in [0.717, 1.165) is 39.1 Å². The molecule has 0 spiro atoms. The minimum Gasteiger partial charge on any atom is -0.376 e. The van der Waals surface area contributed by atoms with E-state index >= 15 is 0 Å². The Morgan fingerprint density at radius 2 is 1.62 bits per heavy atom. The number of methoxy groups -OCH3 is 1. The van der Waals surface area contributed by atoms with Crippen molar-refractivity contribution in [2.24, 2.45) is 0 Å². The van der Waals surface area contributed by atoms with Gasteiger partial charge in [0, 0.05) is 39.8 Å². The molecular weight excluding hydrogens is 296 g/mol. The summed E-state index contributed by atoms with van der Waals surface area (Å²) in [4.78, 5) is 4.89. The summed E-state index contributed by atoms with van der Waals surface area (Å²) in [5.74, 6) is 0. The molecule has 128 valence electrons. The Kier molecular flexibility index (Phi) is 5.67. The maximum Gasteiger partial charge on any atom is 0.0943 e. The van der Waals surface area contributed by atoms with Crippen molar-refractivity contribution in [3.63, 3.8) is 0 Å². The normalized spacial score (nSPS) is 21.5. The quantitative estimate of drug-likeness (QED) is 0.776. The number of hydrogen-bond donors (Lipinski definition) is 0. The van der Waals surface area contributed by atoms with Crippen molar-refractivity contribution in [2.45, 2.75) is 25.1 Å². The van der Waals surface area contributed by atoms with E-state index in [1.165, 1.54) is 11.1 Å². The van der Waals surface area contributed by atoms with E-state index in [-0.39, 0.29) is 5.60 Å². The van der Waals surface area contributed by atoms with E-state index in [0.29, 0.717) is 0 Å². The first-order valence-electron chi connectivity index (χ1n) is 8.73. The van der Waals surface area contributed by atoms with E-state index < -0.39 is 0 Å². The molecule has 1 unspecified atom stereocenters. The average molecular weight is 324 g/mol. The standard InChI is InChI=1S/C21H28N2O/c1-22(15-19-9-5-3-6-10-19)17-21(24-2)13-14-23(18-21)16-20-11-7-4-8-12-20/h3-12H,13-18H2,1-2H3. The van der Waals surface area contributed by atoms with Crippen molar-refractivity contribution in [1.82, 2.24) is 9.80 Å². The zero-order valence-electron chi connectivity index (χ0n) is 14.8. The monoisotopic (exact) mass is 324 g/mol. The Balaban J connectivity index is 1.57. The number of rotatable bonds is 7. The molecule has 0 bridgehead atoms. The molecule has 3 heteroatoms. The van der Waals surface area contributed by atoms with Crippen LogP contribution in [0.3, 0.4) is 0 Å². The first kappa shape index (κ1) is 17.2. The Bertz CT molecular complexity index is 616. The van der Waals surface area contributed by atoms with Crippen LogP contribution in [-0.2, 0) is 17.8 Å². The fourth-order valence-electron chi connectivity index (χ4n) is 3.71. The fraction of sp³-hybridized carbons (Fsp3) is 0.429. The van der Waals surface area contributed by atoms with Crippen molar-refractivity contribution in [3.05, 3.63) is 71.8 Å². The van der Waals surface area contributed by atoms with Crippen molar-refractivity contribution >= 4 is 0 Å². The maximum absolute atomic E-state index is 5.99. The van der Waals surface area contributed by atoms with Gasteiger partial charge in [-0.05, 0) is 24.6 Å². The average Bonchev–Trinajstić information content (AvgIpc) is 2.99. The zero-order valence-corrected chi connectivity index (χ0v) is 14.8. The molecule has 1 aliphatic rings. The molecule has 0 saturated carbocycles. The van der Waals surface area contributed by atoms with Crippen LogP contribution in [0.1, 0.15) is 17.5 Å². The summed E-state index contributed by atoms with van der Waals surface area (Å²) < 4.78 is 5.99. The maximum atomic E-state index is 5.99. The van der Waals surface area contributed by atoms with Gasteiger partial charge in [0.25, 0.3) is 0 Å². The van der Waals surface area contributed by atoms with E-state index in [9.17, 15) is 0 Å². The van der Waals surface area contributed by atoms with Gasteiger partial charge in [-0.2, -0.15) is 0 Å². The van der Waals surface area contributed by atoms with Crippen LogP contribution in [0.25, 0.3) is 0 Å². The van der Waals surface area contributed by atoms with Gasteiger partial charge in [0.2, 0.25) is 0 Å². The second kappa shape index (κ2) is 7.93. The Morgan fingerprint density at radius 3 is 2.25 bits per heavy atom. The number of hydrogen-bond acceptors (Lipinski definition) is 3. The highest BCUT2D eigenvalue weighted by Gasteiger charge is 2.38. The molecule has 0 aliphatic carbocycles. The number of likely N-dealkylation sites (tertiary alicyclic amines) is 1. The summed E-state index contributed by atoms with van der Waals surface area (Å²) in [6.45, 7) is 5.03. The van der Waals surface area contributed by atoms with Crippen LogP contribution in [-0.4, -0.2) is 49.2 Å². The van der Waals surface area contributed by atoms with Gasteiger partial charge in [-0.3, -0.25) is 9.80 Å². The van der Waals surface area contributed by atoms with Crippen LogP contribution in [0.4, 0.5) is 0 Å². The van der Waals surface area contributed by atoms with Crippen molar-refractivity contribution in [1.29, 1.82) is 0 Å². The van der Waals surface area contributed by atoms with Crippen molar-refractivity contribution < 1.29 is 4.74 Å². The Morgan fingerprint density at radius 1 is 1.00 bits per heavy atom.